The summed E-state index contributed by atoms with van der Waals surface area (Å²) >= 11 is 9.16. The fourth-order valence-corrected chi connectivity index (χ4v) is 1.87. The maximum Gasteiger partial charge on any atom is 0.168 e. The van der Waals surface area contributed by atoms with Crippen LogP contribution in [0.3, 0.4) is 0 Å². The molecule has 1 aromatic carbocycles. The van der Waals surface area contributed by atoms with E-state index in [0.29, 0.717) is 16.3 Å². The predicted octanol–water partition coefficient (Wildman–Crippen LogP) is 3.70. The fraction of sp³-hybridized carbons (Fsp3) is 0.300. The van der Waals surface area contributed by atoms with Crippen molar-refractivity contribution in [1.82, 2.24) is 0 Å². The molecule has 0 saturated heterocycles. The second-order valence-corrected chi connectivity index (χ2v) is 4.75. The number of carbonyl (C=O) groups is 1. The second-order valence-electron chi connectivity index (χ2n) is 3.49. The van der Waals surface area contributed by atoms with Crippen LogP contribution >= 0.6 is 39.9 Å². The van der Waals surface area contributed by atoms with Gasteiger partial charge in [-0.2, -0.15) is 0 Å². The Morgan fingerprint density at radius 3 is 2.60 bits per heavy atom. The normalized spacial score (nSPS) is 14.5. The lowest BCUT2D eigenvalue weighted by Gasteiger charge is -2.05. The van der Waals surface area contributed by atoms with E-state index in [1.54, 1.807) is 12.1 Å². The van der Waals surface area contributed by atoms with Crippen molar-refractivity contribution in [1.29, 1.82) is 0 Å². The summed E-state index contributed by atoms with van der Waals surface area (Å²) in [4.78, 5) is 11.7. The first-order valence-electron chi connectivity index (χ1n) is 4.38. The third-order valence-corrected chi connectivity index (χ3v) is 3.50. The summed E-state index contributed by atoms with van der Waals surface area (Å²) in [6.45, 7) is 0. The molecule has 1 saturated carbocycles. The summed E-state index contributed by atoms with van der Waals surface area (Å²) in [6.07, 6.45) is 1.96. The van der Waals surface area contributed by atoms with Gasteiger partial charge in [-0.3, -0.25) is 4.79 Å². The number of nitrogens with two attached hydrogens (primary N) is 1. The third-order valence-electron chi connectivity index (χ3n) is 2.31. The van der Waals surface area contributed by atoms with Crippen LogP contribution in [0.5, 0.6) is 0 Å². The zero-order valence-corrected chi connectivity index (χ0v) is 11.0. The second kappa shape index (κ2) is 4.73. The average Bonchev–Trinajstić information content (AvgIpc) is 2.93. The summed E-state index contributed by atoms with van der Waals surface area (Å²) in [7, 11) is 0. The van der Waals surface area contributed by atoms with Gasteiger partial charge in [-0.1, -0.05) is 11.6 Å². The molecule has 0 atom stereocenters. The molecule has 0 radical (unpaired) electrons. The van der Waals surface area contributed by atoms with Gasteiger partial charge >= 0.3 is 0 Å². The van der Waals surface area contributed by atoms with Crippen molar-refractivity contribution in [2.45, 2.75) is 12.8 Å². The van der Waals surface area contributed by atoms with Gasteiger partial charge in [0.15, 0.2) is 5.78 Å². The molecule has 0 aliphatic heterocycles. The number of benzene rings is 1. The lowest BCUT2D eigenvalue weighted by atomic mass is 10.1. The summed E-state index contributed by atoms with van der Waals surface area (Å²) in [6, 6.07) is 3.32. The van der Waals surface area contributed by atoms with E-state index in [2.05, 4.69) is 15.9 Å². The molecule has 0 amide bonds. The lowest BCUT2D eigenvalue weighted by Crippen LogP contribution is -2.05. The first-order valence-corrected chi connectivity index (χ1v) is 5.55. The van der Waals surface area contributed by atoms with E-state index in [9.17, 15) is 4.79 Å². The Morgan fingerprint density at radius 2 is 2.07 bits per heavy atom. The van der Waals surface area contributed by atoms with E-state index in [0.717, 1.165) is 17.3 Å². The number of Topliss-reactive ketones (excluding diaryl/α,β-unsaturated/α-hetero) is 1. The highest BCUT2D eigenvalue weighted by Gasteiger charge is 2.31. The molecule has 15 heavy (non-hydrogen) atoms. The molecule has 0 spiro atoms. The van der Waals surface area contributed by atoms with Crippen LogP contribution < -0.4 is 5.73 Å². The van der Waals surface area contributed by atoms with Crippen molar-refractivity contribution in [2.24, 2.45) is 5.92 Å². The Bertz CT molecular complexity index is 405. The number of halogens is 3. The Kier molecular flexibility index (Phi) is 4.04. The highest BCUT2D eigenvalue weighted by atomic mass is 79.9. The van der Waals surface area contributed by atoms with Crippen molar-refractivity contribution in [3.63, 3.8) is 0 Å². The van der Waals surface area contributed by atoms with Crippen LogP contribution in [0.2, 0.25) is 5.02 Å². The molecule has 1 aliphatic carbocycles. The minimum Gasteiger partial charge on any atom is -0.398 e. The van der Waals surface area contributed by atoms with Crippen molar-refractivity contribution in [2.75, 3.05) is 5.73 Å². The van der Waals surface area contributed by atoms with Crippen LogP contribution in [0.15, 0.2) is 16.6 Å². The molecule has 0 unspecified atom stereocenters. The van der Waals surface area contributed by atoms with Crippen LogP contribution in [-0.2, 0) is 0 Å². The molecule has 1 fully saturated rings. The number of rotatable bonds is 2. The van der Waals surface area contributed by atoms with Gasteiger partial charge in [-0.05, 0) is 40.9 Å². The van der Waals surface area contributed by atoms with Crippen LogP contribution in [-0.4, -0.2) is 5.78 Å². The van der Waals surface area contributed by atoms with Gasteiger partial charge in [0, 0.05) is 21.6 Å². The van der Waals surface area contributed by atoms with Gasteiger partial charge in [0.1, 0.15) is 0 Å². The van der Waals surface area contributed by atoms with Crippen LogP contribution in [0, 0.1) is 5.92 Å². The molecular weight excluding hydrogens is 301 g/mol. The van der Waals surface area contributed by atoms with Crippen molar-refractivity contribution in [3.05, 3.63) is 27.2 Å². The Morgan fingerprint density at radius 1 is 1.47 bits per heavy atom. The Labute approximate surface area is 108 Å². The molecule has 5 heteroatoms. The maximum atomic E-state index is 11.7. The summed E-state index contributed by atoms with van der Waals surface area (Å²) in [5.41, 5.74) is 6.80. The predicted molar refractivity (Wildman–Crippen MR) is 67.9 cm³/mol. The monoisotopic (exact) mass is 309 g/mol. The minimum absolute atomic E-state index is 0. The van der Waals surface area contributed by atoms with E-state index in [-0.39, 0.29) is 24.1 Å². The average molecular weight is 311 g/mol. The number of nitrogen functional groups attached to an aromatic ring is 1. The summed E-state index contributed by atoms with van der Waals surface area (Å²) in [5, 5.41) is 0.531. The molecule has 2 rings (SSSR count). The van der Waals surface area contributed by atoms with E-state index in [1.807, 2.05) is 0 Å². The van der Waals surface area contributed by atoms with Crippen molar-refractivity contribution in [3.8, 4) is 0 Å². The van der Waals surface area contributed by atoms with Crippen LogP contribution in [0.25, 0.3) is 0 Å². The molecule has 2 nitrogen and oxygen atoms in total. The zero-order chi connectivity index (χ0) is 10.3. The molecule has 2 N–H and O–H groups in total. The van der Waals surface area contributed by atoms with Gasteiger partial charge in [-0.15, -0.1) is 12.4 Å². The number of hydrogen-bond donors (Lipinski definition) is 1. The standard InChI is InChI=1S/C10H9BrClNO.ClH/c11-7-4-9(13)6(3-8(7)12)10(14)5-1-2-5;/h3-5H,1-2,13H2;1H. The van der Waals surface area contributed by atoms with E-state index < -0.39 is 0 Å². The van der Waals surface area contributed by atoms with Gasteiger partial charge < -0.3 is 5.73 Å². The zero-order valence-electron chi connectivity index (χ0n) is 7.80. The number of anilines is 1. The van der Waals surface area contributed by atoms with E-state index in [1.165, 1.54) is 0 Å². The largest absolute Gasteiger partial charge is 0.398 e. The molecule has 0 bridgehead atoms. The topological polar surface area (TPSA) is 43.1 Å². The lowest BCUT2D eigenvalue weighted by molar-refractivity contribution is 0.0968. The molecule has 1 aliphatic rings. The summed E-state index contributed by atoms with van der Waals surface area (Å²) < 4.78 is 0.726. The van der Waals surface area contributed by atoms with Crippen LogP contribution in [0.4, 0.5) is 5.69 Å². The fourth-order valence-electron chi connectivity index (χ4n) is 1.34. The Hall–Kier alpha value is -0.250. The molecule has 0 heterocycles. The number of carbonyl (C=O) groups excluding carboxylic acids is 1. The molecule has 0 aromatic heterocycles. The van der Waals surface area contributed by atoms with E-state index in [4.69, 9.17) is 17.3 Å². The SMILES string of the molecule is Cl.Nc1cc(Br)c(Cl)cc1C(=O)C1CC1. The van der Waals surface area contributed by atoms with Gasteiger partial charge in [-0.25, -0.2) is 0 Å². The smallest absolute Gasteiger partial charge is 0.168 e. The van der Waals surface area contributed by atoms with Gasteiger partial charge in [0.25, 0.3) is 0 Å². The van der Waals surface area contributed by atoms with Gasteiger partial charge in [0.05, 0.1) is 5.02 Å². The van der Waals surface area contributed by atoms with Crippen molar-refractivity contribution >= 4 is 51.4 Å². The van der Waals surface area contributed by atoms with Crippen molar-refractivity contribution < 1.29 is 4.79 Å². The first kappa shape index (κ1) is 12.8. The summed E-state index contributed by atoms with van der Waals surface area (Å²) in [5.74, 6) is 0.298. The quantitative estimate of drug-likeness (QED) is 0.668. The number of ketones is 1. The van der Waals surface area contributed by atoms with Crippen LogP contribution in [0.1, 0.15) is 23.2 Å². The van der Waals surface area contributed by atoms with E-state index >= 15 is 0 Å². The van der Waals surface area contributed by atoms with Gasteiger partial charge in [0.2, 0.25) is 0 Å². The minimum atomic E-state index is 0. The highest BCUT2D eigenvalue weighted by molar-refractivity contribution is 9.10. The maximum absolute atomic E-state index is 11.7. The third kappa shape index (κ3) is 2.65. The number of hydrogen-bond acceptors (Lipinski definition) is 2. The molecule has 82 valence electrons. The highest BCUT2D eigenvalue weighted by Crippen LogP contribution is 2.36. The molecular formula is C10H10BrCl2NO. The first-order chi connectivity index (χ1) is 6.59. The molecule has 1 aromatic rings. The Balaban J connectivity index is 0.00000112.